The Morgan fingerprint density at radius 1 is 1.17 bits per heavy atom. The summed E-state index contributed by atoms with van der Waals surface area (Å²) in [5.41, 5.74) is 7.76. The van der Waals surface area contributed by atoms with E-state index >= 15 is 0 Å². The maximum absolute atomic E-state index is 11.5. The highest BCUT2D eigenvalue weighted by Crippen LogP contribution is 2.27. The minimum Gasteiger partial charge on any atom is -0.372 e. The second-order valence-electron chi connectivity index (χ2n) is 5.41. The highest BCUT2D eigenvalue weighted by atomic mass is 16.1. The smallest absolute Gasteiger partial charge is 0.225 e. The number of hydrogen-bond donors (Lipinski definition) is 1. The Labute approximate surface area is 109 Å². The van der Waals surface area contributed by atoms with Gasteiger partial charge in [-0.25, -0.2) is 0 Å². The predicted molar refractivity (Wildman–Crippen MR) is 74.7 cm³/mol. The second kappa shape index (κ2) is 5.42. The number of amides is 1. The number of anilines is 1. The Kier molecular flexibility index (Phi) is 3.90. The van der Waals surface area contributed by atoms with Gasteiger partial charge in [-0.1, -0.05) is 26.0 Å². The van der Waals surface area contributed by atoms with Crippen LogP contribution >= 0.6 is 0 Å². The Bertz CT molecular complexity index is 405. The van der Waals surface area contributed by atoms with Crippen LogP contribution in [0, 0.1) is 5.92 Å². The molecule has 0 spiro atoms. The second-order valence-corrected chi connectivity index (χ2v) is 5.41. The van der Waals surface area contributed by atoms with E-state index in [4.69, 9.17) is 5.73 Å². The molecule has 3 heteroatoms. The maximum atomic E-state index is 11.5. The van der Waals surface area contributed by atoms with Crippen molar-refractivity contribution in [2.75, 3.05) is 18.0 Å². The molecule has 3 nitrogen and oxygen atoms in total. The van der Waals surface area contributed by atoms with E-state index in [0.29, 0.717) is 0 Å². The zero-order valence-electron chi connectivity index (χ0n) is 11.2. The Morgan fingerprint density at radius 2 is 1.72 bits per heavy atom. The molecule has 1 aliphatic heterocycles. The largest absolute Gasteiger partial charge is 0.372 e. The number of nitrogens with zero attached hydrogens (tertiary/aromatic N) is 1. The predicted octanol–water partition coefficient (Wildman–Crippen LogP) is 2.51. The zero-order valence-corrected chi connectivity index (χ0v) is 11.2. The van der Waals surface area contributed by atoms with Crippen LogP contribution in [-0.4, -0.2) is 19.0 Å². The standard InChI is InChI=1S/C15H22N2O/c1-11(2)14(15(16)18)12-5-7-13(8-6-12)17-9-3-4-10-17/h5-8,11,14H,3-4,9-10H2,1-2H3,(H2,16,18). The van der Waals surface area contributed by atoms with Crippen molar-refractivity contribution in [2.24, 2.45) is 11.7 Å². The van der Waals surface area contributed by atoms with E-state index in [-0.39, 0.29) is 17.7 Å². The lowest BCUT2D eigenvalue weighted by atomic mass is 9.88. The quantitative estimate of drug-likeness (QED) is 0.887. The van der Waals surface area contributed by atoms with Gasteiger partial charge in [0.25, 0.3) is 0 Å². The summed E-state index contributed by atoms with van der Waals surface area (Å²) in [4.78, 5) is 13.9. The molecule has 1 fully saturated rings. The van der Waals surface area contributed by atoms with Crippen LogP contribution in [0.15, 0.2) is 24.3 Å². The van der Waals surface area contributed by atoms with E-state index < -0.39 is 0 Å². The van der Waals surface area contributed by atoms with Crippen LogP contribution in [0.5, 0.6) is 0 Å². The Morgan fingerprint density at radius 3 is 2.17 bits per heavy atom. The fraction of sp³-hybridized carbons (Fsp3) is 0.533. The average molecular weight is 246 g/mol. The van der Waals surface area contributed by atoms with Gasteiger partial charge in [0.15, 0.2) is 0 Å². The number of hydrogen-bond acceptors (Lipinski definition) is 2. The topological polar surface area (TPSA) is 46.3 Å². The molecule has 1 aliphatic rings. The third-order valence-corrected chi connectivity index (χ3v) is 3.70. The molecule has 1 saturated heterocycles. The summed E-state index contributed by atoms with van der Waals surface area (Å²) >= 11 is 0. The molecule has 0 radical (unpaired) electrons. The first-order valence-electron chi connectivity index (χ1n) is 6.74. The van der Waals surface area contributed by atoms with Gasteiger partial charge in [-0.15, -0.1) is 0 Å². The van der Waals surface area contributed by atoms with Crippen molar-refractivity contribution in [3.63, 3.8) is 0 Å². The van der Waals surface area contributed by atoms with Gasteiger partial charge in [-0.3, -0.25) is 4.79 Å². The molecule has 1 unspecified atom stereocenters. The molecule has 2 N–H and O–H groups in total. The van der Waals surface area contributed by atoms with Gasteiger partial charge in [0.05, 0.1) is 5.92 Å². The van der Waals surface area contributed by atoms with Gasteiger partial charge in [-0.2, -0.15) is 0 Å². The van der Waals surface area contributed by atoms with Gasteiger partial charge in [0, 0.05) is 18.8 Å². The fourth-order valence-corrected chi connectivity index (χ4v) is 2.75. The van der Waals surface area contributed by atoms with Crippen LogP contribution in [0.4, 0.5) is 5.69 Å². The van der Waals surface area contributed by atoms with Crippen LogP contribution in [-0.2, 0) is 4.79 Å². The summed E-state index contributed by atoms with van der Waals surface area (Å²) in [6.07, 6.45) is 2.55. The summed E-state index contributed by atoms with van der Waals surface area (Å²) in [7, 11) is 0. The van der Waals surface area contributed by atoms with Gasteiger partial charge in [0.2, 0.25) is 5.91 Å². The van der Waals surface area contributed by atoms with E-state index in [9.17, 15) is 4.79 Å². The van der Waals surface area contributed by atoms with Crippen LogP contribution in [0.25, 0.3) is 0 Å². The van der Waals surface area contributed by atoms with Crippen LogP contribution in [0.3, 0.4) is 0 Å². The number of benzene rings is 1. The number of nitrogens with two attached hydrogens (primary N) is 1. The molecule has 0 saturated carbocycles. The molecule has 1 atom stereocenters. The van der Waals surface area contributed by atoms with E-state index in [1.807, 2.05) is 26.0 Å². The van der Waals surface area contributed by atoms with E-state index in [1.165, 1.54) is 18.5 Å². The highest BCUT2D eigenvalue weighted by molar-refractivity contribution is 5.82. The van der Waals surface area contributed by atoms with Crippen molar-refractivity contribution >= 4 is 11.6 Å². The number of carbonyl (C=O) groups excluding carboxylic acids is 1. The minimum atomic E-state index is -0.237. The molecular formula is C15H22N2O. The van der Waals surface area contributed by atoms with Crippen molar-refractivity contribution in [1.29, 1.82) is 0 Å². The molecule has 98 valence electrons. The lowest BCUT2D eigenvalue weighted by Gasteiger charge is -2.21. The van der Waals surface area contributed by atoms with E-state index in [1.54, 1.807) is 0 Å². The first-order valence-corrected chi connectivity index (χ1v) is 6.74. The van der Waals surface area contributed by atoms with E-state index in [2.05, 4.69) is 17.0 Å². The molecule has 1 aromatic rings. The average Bonchev–Trinajstić information content (AvgIpc) is 2.82. The summed E-state index contributed by atoms with van der Waals surface area (Å²) in [6.45, 7) is 6.35. The molecule has 1 aromatic carbocycles. The van der Waals surface area contributed by atoms with Gasteiger partial charge in [0.1, 0.15) is 0 Å². The van der Waals surface area contributed by atoms with Gasteiger partial charge >= 0.3 is 0 Å². The minimum absolute atomic E-state index is 0.183. The van der Waals surface area contributed by atoms with E-state index in [0.717, 1.165) is 18.7 Å². The van der Waals surface area contributed by atoms with Crippen molar-refractivity contribution in [3.8, 4) is 0 Å². The Hall–Kier alpha value is -1.51. The molecule has 0 aliphatic carbocycles. The molecule has 0 bridgehead atoms. The summed E-state index contributed by atoms with van der Waals surface area (Å²) < 4.78 is 0. The SMILES string of the molecule is CC(C)C(C(N)=O)c1ccc(N2CCCC2)cc1. The zero-order chi connectivity index (χ0) is 13.1. The monoisotopic (exact) mass is 246 g/mol. The van der Waals surface area contributed by atoms with Crippen molar-refractivity contribution in [1.82, 2.24) is 0 Å². The van der Waals surface area contributed by atoms with Gasteiger partial charge in [-0.05, 0) is 36.5 Å². The fourth-order valence-electron chi connectivity index (χ4n) is 2.75. The number of primary amides is 1. The van der Waals surface area contributed by atoms with Crippen molar-refractivity contribution < 1.29 is 4.79 Å². The highest BCUT2D eigenvalue weighted by Gasteiger charge is 2.22. The normalized spacial score (nSPS) is 17.2. The van der Waals surface area contributed by atoms with Crippen molar-refractivity contribution in [3.05, 3.63) is 29.8 Å². The van der Waals surface area contributed by atoms with Crippen LogP contribution in [0.1, 0.15) is 38.2 Å². The van der Waals surface area contributed by atoms with Gasteiger partial charge < -0.3 is 10.6 Å². The summed E-state index contributed by atoms with van der Waals surface area (Å²) in [6, 6.07) is 8.31. The number of carbonyl (C=O) groups is 1. The molecule has 1 amide bonds. The Balaban J connectivity index is 2.17. The molecular weight excluding hydrogens is 224 g/mol. The third-order valence-electron chi connectivity index (χ3n) is 3.70. The summed E-state index contributed by atoms with van der Waals surface area (Å²) in [5.74, 6) is -0.184. The van der Waals surface area contributed by atoms with Crippen LogP contribution in [0.2, 0.25) is 0 Å². The molecule has 1 heterocycles. The van der Waals surface area contributed by atoms with Crippen LogP contribution < -0.4 is 10.6 Å². The lowest BCUT2D eigenvalue weighted by molar-refractivity contribution is -0.120. The summed E-state index contributed by atoms with van der Waals surface area (Å²) in [5, 5.41) is 0. The first kappa shape index (κ1) is 12.9. The maximum Gasteiger partial charge on any atom is 0.225 e. The molecule has 2 rings (SSSR count). The van der Waals surface area contributed by atoms with Crippen molar-refractivity contribution in [2.45, 2.75) is 32.6 Å². The molecule has 0 aromatic heterocycles. The third kappa shape index (κ3) is 2.66. The first-order chi connectivity index (χ1) is 8.59. The lowest BCUT2D eigenvalue weighted by Crippen LogP contribution is -2.25. The number of rotatable bonds is 4. The molecule has 18 heavy (non-hydrogen) atoms.